The Morgan fingerprint density at radius 1 is 1.42 bits per heavy atom. The Balaban J connectivity index is 2.06. The molecule has 0 bridgehead atoms. The molecular formula is C15H24N2O2. The highest BCUT2D eigenvalue weighted by Crippen LogP contribution is 2.36. The van der Waals surface area contributed by atoms with E-state index in [4.69, 9.17) is 4.52 Å². The molecular weight excluding hydrogens is 240 g/mol. The fourth-order valence-corrected chi connectivity index (χ4v) is 2.93. The molecule has 4 heteroatoms. The van der Waals surface area contributed by atoms with Gasteiger partial charge in [-0.2, -0.15) is 4.98 Å². The molecule has 19 heavy (non-hydrogen) atoms. The van der Waals surface area contributed by atoms with Gasteiger partial charge in [0.1, 0.15) is 5.78 Å². The van der Waals surface area contributed by atoms with Gasteiger partial charge in [0.2, 0.25) is 5.89 Å². The molecule has 3 unspecified atom stereocenters. The lowest BCUT2D eigenvalue weighted by Gasteiger charge is -2.26. The molecule has 2 rings (SSSR count). The predicted molar refractivity (Wildman–Crippen MR) is 73.0 cm³/mol. The number of ketones is 1. The van der Waals surface area contributed by atoms with E-state index in [9.17, 15) is 4.79 Å². The smallest absolute Gasteiger partial charge is 0.236 e. The Morgan fingerprint density at radius 3 is 2.89 bits per heavy atom. The van der Waals surface area contributed by atoms with Gasteiger partial charge in [-0.15, -0.1) is 0 Å². The van der Waals surface area contributed by atoms with Crippen LogP contribution >= 0.6 is 0 Å². The summed E-state index contributed by atoms with van der Waals surface area (Å²) >= 11 is 0. The van der Waals surface area contributed by atoms with E-state index in [0.29, 0.717) is 18.2 Å². The Morgan fingerprint density at radius 2 is 2.21 bits per heavy atom. The van der Waals surface area contributed by atoms with Crippen LogP contribution in [0.4, 0.5) is 0 Å². The maximum atomic E-state index is 11.7. The number of hydrogen-bond donors (Lipinski definition) is 0. The van der Waals surface area contributed by atoms with Crippen molar-refractivity contribution in [2.75, 3.05) is 0 Å². The number of Topliss-reactive ketones (excluding diaryl/α,β-unsaturated/α-hetero) is 1. The zero-order valence-corrected chi connectivity index (χ0v) is 12.2. The Hall–Kier alpha value is -1.19. The molecule has 0 aliphatic heterocycles. The van der Waals surface area contributed by atoms with Crippen LogP contribution in [0.15, 0.2) is 4.52 Å². The zero-order chi connectivity index (χ0) is 13.8. The van der Waals surface area contributed by atoms with Crippen molar-refractivity contribution in [2.45, 2.75) is 71.1 Å². The summed E-state index contributed by atoms with van der Waals surface area (Å²) in [7, 11) is 0. The number of hydrogen-bond acceptors (Lipinski definition) is 4. The second-order valence-corrected chi connectivity index (χ2v) is 5.67. The normalized spacial score (nSPS) is 25.2. The van der Waals surface area contributed by atoms with Gasteiger partial charge in [-0.25, -0.2) is 0 Å². The lowest BCUT2D eigenvalue weighted by Crippen LogP contribution is -2.15. The third kappa shape index (κ3) is 3.23. The van der Waals surface area contributed by atoms with Crippen LogP contribution in [0.25, 0.3) is 0 Å². The molecule has 4 nitrogen and oxygen atoms in total. The molecule has 1 heterocycles. The topological polar surface area (TPSA) is 56.0 Å². The third-order valence-corrected chi connectivity index (χ3v) is 4.38. The first-order valence-corrected chi connectivity index (χ1v) is 7.51. The summed E-state index contributed by atoms with van der Waals surface area (Å²) in [6.45, 7) is 5.96. The molecule has 1 aliphatic carbocycles. The number of aromatic nitrogens is 2. The number of nitrogens with zero attached hydrogens (tertiary/aromatic N) is 2. The fourth-order valence-electron chi connectivity index (χ4n) is 2.93. The van der Waals surface area contributed by atoms with Crippen molar-refractivity contribution in [1.29, 1.82) is 0 Å². The first-order chi connectivity index (χ1) is 9.15. The minimum Gasteiger partial charge on any atom is -0.339 e. The van der Waals surface area contributed by atoms with Crippen LogP contribution in [0.1, 0.15) is 82.8 Å². The van der Waals surface area contributed by atoms with Crippen molar-refractivity contribution < 1.29 is 9.32 Å². The quantitative estimate of drug-likeness (QED) is 0.810. The Bertz CT molecular complexity index is 428. The van der Waals surface area contributed by atoms with E-state index in [1.807, 2.05) is 13.8 Å². The van der Waals surface area contributed by atoms with Gasteiger partial charge in [0.15, 0.2) is 5.82 Å². The van der Waals surface area contributed by atoms with E-state index < -0.39 is 0 Å². The largest absolute Gasteiger partial charge is 0.339 e. The van der Waals surface area contributed by atoms with E-state index in [1.165, 1.54) is 19.3 Å². The van der Waals surface area contributed by atoms with E-state index in [1.54, 1.807) is 0 Å². The van der Waals surface area contributed by atoms with Crippen molar-refractivity contribution in [3.05, 3.63) is 11.7 Å². The molecule has 1 aromatic heterocycles. The monoisotopic (exact) mass is 264 g/mol. The highest BCUT2D eigenvalue weighted by Gasteiger charge is 2.27. The highest BCUT2D eigenvalue weighted by molar-refractivity contribution is 5.83. The number of rotatable bonds is 5. The summed E-state index contributed by atoms with van der Waals surface area (Å²) in [6.07, 6.45) is 6.61. The van der Waals surface area contributed by atoms with Gasteiger partial charge in [-0.1, -0.05) is 38.3 Å². The van der Waals surface area contributed by atoms with Crippen molar-refractivity contribution in [3.63, 3.8) is 0 Å². The van der Waals surface area contributed by atoms with E-state index in [0.717, 1.165) is 24.6 Å². The standard InChI is InChI=1S/C15H24N2O2/c1-4-11-7-6-8-12(9-11)14-16-15(19-17-14)10(3)13(18)5-2/h10-12H,4-9H2,1-3H3. The van der Waals surface area contributed by atoms with E-state index in [2.05, 4.69) is 17.1 Å². The van der Waals surface area contributed by atoms with Gasteiger partial charge in [0.05, 0.1) is 5.92 Å². The fraction of sp³-hybridized carbons (Fsp3) is 0.800. The minimum atomic E-state index is -0.267. The van der Waals surface area contributed by atoms with E-state index >= 15 is 0 Å². The molecule has 0 N–H and O–H groups in total. The average molecular weight is 264 g/mol. The van der Waals surface area contributed by atoms with Crippen LogP contribution in [-0.4, -0.2) is 15.9 Å². The molecule has 0 aromatic carbocycles. The third-order valence-electron chi connectivity index (χ3n) is 4.38. The molecule has 3 atom stereocenters. The summed E-state index contributed by atoms with van der Waals surface area (Å²) in [5.74, 6) is 2.39. The second kappa shape index (κ2) is 6.31. The van der Waals surface area contributed by atoms with Gasteiger partial charge in [0.25, 0.3) is 0 Å². The molecule has 1 fully saturated rings. The molecule has 1 saturated carbocycles. The average Bonchev–Trinajstić information content (AvgIpc) is 2.95. The van der Waals surface area contributed by atoms with Gasteiger partial charge in [-0.3, -0.25) is 4.79 Å². The molecule has 1 aromatic rings. The van der Waals surface area contributed by atoms with Gasteiger partial charge < -0.3 is 4.52 Å². The SMILES string of the molecule is CCC(=O)C(C)c1nc(C2CCCC(CC)C2)no1. The van der Waals surface area contributed by atoms with Crippen molar-refractivity contribution in [1.82, 2.24) is 10.1 Å². The summed E-state index contributed by atoms with van der Waals surface area (Å²) in [5.41, 5.74) is 0. The Labute approximate surface area is 115 Å². The minimum absolute atomic E-state index is 0.158. The van der Waals surface area contributed by atoms with E-state index in [-0.39, 0.29) is 11.7 Å². The predicted octanol–water partition coefficient (Wildman–Crippen LogP) is 3.84. The summed E-state index contributed by atoms with van der Waals surface area (Å²) in [4.78, 5) is 16.1. The molecule has 0 saturated heterocycles. The zero-order valence-electron chi connectivity index (χ0n) is 12.2. The number of carbonyl (C=O) groups is 1. The summed E-state index contributed by atoms with van der Waals surface area (Å²) < 4.78 is 5.29. The van der Waals surface area contributed by atoms with Gasteiger partial charge in [0, 0.05) is 12.3 Å². The Kier molecular flexibility index (Phi) is 4.72. The molecule has 106 valence electrons. The van der Waals surface area contributed by atoms with Gasteiger partial charge in [-0.05, 0) is 25.7 Å². The maximum absolute atomic E-state index is 11.7. The molecule has 0 spiro atoms. The van der Waals surface area contributed by atoms with Crippen molar-refractivity contribution >= 4 is 5.78 Å². The molecule has 0 radical (unpaired) electrons. The first-order valence-electron chi connectivity index (χ1n) is 7.51. The van der Waals surface area contributed by atoms with Crippen LogP contribution in [0, 0.1) is 5.92 Å². The van der Waals surface area contributed by atoms with Crippen molar-refractivity contribution in [3.8, 4) is 0 Å². The van der Waals surface area contributed by atoms with Gasteiger partial charge >= 0.3 is 0 Å². The lowest BCUT2D eigenvalue weighted by atomic mass is 9.80. The van der Waals surface area contributed by atoms with Crippen LogP contribution in [-0.2, 0) is 4.79 Å². The van der Waals surface area contributed by atoms with Crippen LogP contribution in [0.3, 0.4) is 0 Å². The molecule has 1 aliphatic rings. The van der Waals surface area contributed by atoms with Crippen molar-refractivity contribution in [2.24, 2.45) is 5.92 Å². The lowest BCUT2D eigenvalue weighted by molar-refractivity contribution is -0.120. The van der Waals surface area contributed by atoms with Crippen LogP contribution in [0.2, 0.25) is 0 Å². The number of carbonyl (C=O) groups excluding carboxylic acids is 1. The first kappa shape index (κ1) is 14.2. The highest BCUT2D eigenvalue weighted by atomic mass is 16.5. The molecule has 0 amide bonds. The van der Waals surface area contributed by atoms with Crippen LogP contribution < -0.4 is 0 Å². The van der Waals surface area contributed by atoms with Crippen LogP contribution in [0.5, 0.6) is 0 Å². The second-order valence-electron chi connectivity index (χ2n) is 5.67. The summed E-state index contributed by atoms with van der Waals surface area (Å²) in [5, 5.41) is 4.11. The summed E-state index contributed by atoms with van der Waals surface area (Å²) in [6, 6.07) is 0. The maximum Gasteiger partial charge on any atom is 0.236 e.